The first-order chi connectivity index (χ1) is 0. The smallest absolute Gasteiger partial charge is 0 e. The first-order valence-electron chi connectivity index (χ1n) is 0. The monoisotopic (exact) mass is 541 g/mol. The third-order valence-corrected chi connectivity index (χ3v) is 0. The van der Waals surface area contributed by atoms with E-state index in [0.717, 1.165) is 0 Å². The molecule has 9 radical (unpaired) electrons. The molecule has 23 valence electrons. The van der Waals surface area contributed by atoms with E-state index in [2.05, 4.69) is 0 Å². The van der Waals surface area contributed by atoms with Gasteiger partial charge in [0.1, 0.15) is 0 Å². The molecule has 0 rings (SSSR count). The molecular weight excluding hydrogens is 542 g/mol. The Morgan fingerprint density at radius 1 is 1.00 bits per heavy atom. The van der Waals surface area contributed by atoms with Crippen LogP contribution in [0.1, 0.15) is 0 Å². The second-order valence-electron chi connectivity index (χ2n) is 0. The van der Waals surface area contributed by atoms with Crippen molar-refractivity contribution in [1.82, 2.24) is 0 Å². The van der Waals surface area contributed by atoms with Gasteiger partial charge in [0.05, 0.1) is 0 Å². The predicted molar refractivity (Wildman–Crippen MR) is 11.5 cm³/mol. The summed E-state index contributed by atoms with van der Waals surface area (Å²) in [6.45, 7) is 0. The second-order valence-corrected chi connectivity index (χ2v) is 0. The van der Waals surface area contributed by atoms with Crippen LogP contribution in [0.25, 0.3) is 0 Å². The van der Waals surface area contributed by atoms with Crippen molar-refractivity contribution in [3.63, 3.8) is 0 Å². The zero-order chi connectivity index (χ0) is 0. The summed E-state index contributed by atoms with van der Waals surface area (Å²) in [5.41, 5.74) is 0. The summed E-state index contributed by atoms with van der Waals surface area (Å²) in [5, 5.41) is 0. The van der Waals surface area contributed by atoms with Crippen LogP contribution in [0.3, 0.4) is 0 Å². The maximum atomic E-state index is 0. The Hall–Kier alpha value is 3.62. The third-order valence-electron chi connectivity index (χ3n) is 0. The van der Waals surface area contributed by atoms with Gasteiger partial charge in [0, 0.05) is 111 Å². The van der Waals surface area contributed by atoms with Crippen LogP contribution in [-0.2, 0) is 58.9 Å². The molecule has 5 heavy (non-hydrogen) atoms. The van der Waals surface area contributed by atoms with Crippen LogP contribution >= 0.6 is 0 Å². The van der Waals surface area contributed by atoms with E-state index in [1.807, 2.05) is 0 Å². The Kier molecular flexibility index (Phi) is 194. The van der Waals surface area contributed by atoms with Crippen molar-refractivity contribution in [3.05, 3.63) is 0 Å². The summed E-state index contributed by atoms with van der Waals surface area (Å²) >= 11 is 0. The fourth-order valence-corrected chi connectivity index (χ4v) is 0. The largest absolute Gasteiger partial charge is 0 e. The molecule has 0 saturated carbocycles. The fourth-order valence-electron chi connectivity index (χ4n) is 0. The van der Waals surface area contributed by atoms with E-state index < -0.39 is 0 Å². The van der Waals surface area contributed by atoms with Crippen molar-refractivity contribution in [3.8, 4) is 0 Å². The summed E-state index contributed by atoms with van der Waals surface area (Å²) < 4.78 is 0. The van der Waals surface area contributed by atoms with Crippen molar-refractivity contribution in [2.75, 3.05) is 0 Å². The van der Waals surface area contributed by atoms with Gasteiger partial charge in [-0.15, -0.1) is 0 Å². The van der Waals surface area contributed by atoms with Gasteiger partial charge in [-0.05, 0) is 0 Å². The van der Waals surface area contributed by atoms with Gasteiger partial charge in [-0.1, -0.05) is 0 Å². The molecule has 0 saturated heterocycles. The Morgan fingerprint density at radius 3 is 1.00 bits per heavy atom. The first kappa shape index (κ1) is 38.2. The SMILES string of the molecule is [Mn].[Nb].[Pb].[Sb].[Zn]. The number of hydrogen-bond acceptors (Lipinski definition) is 0. The van der Waals surface area contributed by atoms with E-state index in [4.69, 9.17) is 0 Å². The van der Waals surface area contributed by atoms with Gasteiger partial charge >= 0.3 is 0 Å². The maximum absolute atomic E-state index is 0. The minimum Gasteiger partial charge on any atom is 0 e. The van der Waals surface area contributed by atoms with Gasteiger partial charge in [-0.2, -0.15) is 0 Å². The summed E-state index contributed by atoms with van der Waals surface area (Å²) in [6.07, 6.45) is 0. The Bertz CT molecular complexity index is 11.6. The molecule has 0 nitrogen and oxygen atoms in total. The molecule has 0 aromatic heterocycles. The molecule has 5 heteroatoms. The summed E-state index contributed by atoms with van der Waals surface area (Å²) in [7, 11) is 0. The van der Waals surface area contributed by atoms with E-state index in [1.165, 1.54) is 0 Å². The Labute approximate surface area is 108 Å². The molecule has 0 amide bonds. The van der Waals surface area contributed by atoms with Crippen molar-refractivity contribution in [1.29, 1.82) is 0 Å². The van der Waals surface area contributed by atoms with E-state index in [1.54, 1.807) is 0 Å². The van der Waals surface area contributed by atoms with E-state index in [0.29, 0.717) is 0 Å². The summed E-state index contributed by atoms with van der Waals surface area (Å²) in [4.78, 5) is 0. The molecular formula is MnNbPbSbZn. The van der Waals surface area contributed by atoms with Crippen LogP contribution in [0.15, 0.2) is 0 Å². The quantitative estimate of drug-likeness (QED) is 0.354. The van der Waals surface area contributed by atoms with Gasteiger partial charge in [0.25, 0.3) is 0 Å². The number of rotatable bonds is 0. The standard InChI is InChI=1S/Mn.Nb.Pb.Sb.Zn. The van der Waals surface area contributed by atoms with Crippen LogP contribution < -0.4 is 0 Å². The fraction of sp³-hybridized carbons (Fsp3) is 0. The molecule has 0 atom stereocenters. The van der Waals surface area contributed by atoms with Gasteiger partial charge in [0.2, 0.25) is 0 Å². The molecule has 0 unspecified atom stereocenters. The average Bonchev–Trinajstić information content (AvgIpc) is 0. The Balaban J connectivity index is 0. The first-order valence-corrected chi connectivity index (χ1v) is 0. The normalized spacial score (nSPS) is 0. The van der Waals surface area contributed by atoms with Gasteiger partial charge in [-0.25, -0.2) is 0 Å². The van der Waals surface area contributed by atoms with Crippen molar-refractivity contribution in [2.45, 2.75) is 0 Å². The molecule has 0 spiro atoms. The third kappa shape index (κ3) is 18.4. The van der Waals surface area contributed by atoms with Gasteiger partial charge < -0.3 is 0 Å². The zero-order valence-electron chi connectivity index (χ0n) is 2.48. The topological polar surface area (TPSA) is 0 Å². The molecule has 0 aromatic rings. The van der Waals surface area contributed by atoms with Crippen molar-refractivity contribution < 1.29 is 58.9 Å². The van der Waals surface area contributed by atoms with Crippen LogP contribution in [0.5, 0.6) is 0 Å². The van der Waals surface area contributed by atoms with Crippen LogP contribution in [-0.4, -0.2) is 51.7 Å². The molecule has 0 bridgehead atoms. The van der Waals surface area contributed by atoms with Crippen LogP contribution in [0.2, 0.25) is 0 Å². The maximum Gasteiger partial charge on any atom is 0 e. The molecule has 0 aliphatic rings. The second kappa shape index (κ2) is 25.5. The van der Waals surface area contributed by atoms with Crippen molar-refractivity contribution in [2.24, 2.45) is 0 Å². The molecule has 0 heterocycles. The molecule has 0 aromatic carbocycles. The van der Waals surface area contributed by atoms with E-state index in [9.17, 15) is 0 Å². The van der Waals surface area contributed by atoms with Crippen LogP contribution in [0, 0.1) is 0 Å². The average molecular weight is 542 g/mol. The molecule has 0 aliphatic carbocycles. The minimum atomic E-state index is 0. The summed E-state index contributed by atoms with van der Waals surface area (Å²) in [6, 6.07) is 0. The Morgan fingerprint density at radius 2 is 1.00 bits per heavy atom. The minimum absolute atomic E-state index is 0. The molecule has 0 fully saturated rings. The van der Waals surface area contributed by atoms with Gasteiger partial charge in [-0.3, -0.25) is 0 Å². The predicted octanol–water partition coefficient (Wildman–Crippen LogP) is -0.769. The van der Waals surface area contributed by atoms with E-state index in [-0.39, 0.29) is 111 Å². The number of hydrogen-bond donors (Lipinski definition) is 0. The van der Waals surface area contributed by atoms with Crippen molar-refractivity contribution >= 4 is 51.7 Å². The molecule has 0 aliphatic heterocycles. The molecule has 0 N–H and O–H groups in total. The summed E-state index contributed by atoms with van der Waals surface area (Å²) in [5.74, 6) is 0. The van der Waals surface area contributed by atoms with E-state index >= 15 is 0 Å². The zero-order valence-corrected chi connectivity index (χ0v) is 15.3. The van der Waals surface area contributed by atoms with Crippen LogP contribution in [0.4, 0.5) is 0 Å². The van der Waals surface area contributed by atoms with Gasteiger partial charge in [0.15, 0.2) is 0 Å².